The van der Waals surface area contributed by atoms with E-state index >= 15 is 0 Å². The normalized spacial score (nSPS) is 22.2. The van der Waals surface area contributed by atoms with Crippen LogP contribution in [-0.2, 0) is 59.2 Å². The summed E-state index contributed by atoms with van der Waals surface area (Å²) in [5, 5.41) is 39.3. The van der Waals surface area contributed by atoms with E-state index in [1.807, 2.05) is 0 Å². The quantitative estimate of drug-likeness (QED) is 0.0320. The van der Waals surface area contributed by atoms with Crippen molar-refractivity contribution in [3.05, 3.63) is 35.9 Å². The summed E-state index contributed by atoms with van der Waals surface area (Å²) in [6.07, 6.45) is 1.74. The molecule has 24 N–H and O–H groups in total. The Hall–Kier alpha value is -6.89. The van der Waals surface area contributed by atoms with E-state index in [1.165, 1.54) is 6.92 Å². The molecule has 1 aliphatic heterocycles. The summed E-state index contributed by atoms with van der Waals surface area (Å²) in [5.41, 5.74) is 35.8. The zero-order valence-electron chi connectivity index (χ0n) is 49.3. The number of hydrogen-bond acceptors (Lipinski definition) is 18. The minimum Gasteiger partial charge on any atom is -0.391 e. The predicted octanol–water partition coefficient (Wildman–Crippen LogP) is -5.52. The first-order chi connectivity index (χ1) is 40.1. The molecule has 29 heteroatoms. The highest BCUT2D eigenvalue weighted by Gasteiger charge is 2.37. The average Bonchev–Trinajstić information content (AvgIpc) is 3.60. The lowest BCUT2D eigenvalue weighted by Crippen LogP contribution is -2.62. The molecule has 1 fully saturated rings. The molecule has 1 aromatic carbocycles. The van der Waals surface area contributed by atoms with Crippen LogP contribution in [0.5, 0.6) is 0 Å². The lowest BCUT2D eigenvalue weighted by Gasteiger charge is -2.29. The Morgan fingerprint density at radius 3 is 1.48 bits per heavy atom. The number of carbonyl (C=O) groups is 11. The second-order valence-electron chi connectivity index (χ2n) is 21.4. The van der Waals surface area contributed by atoms with Crippen molar-refractivity contribution in [2.75, 3.05) is 45.8 Å². The largest absolute Gasteiger partial charge is 0.391 e. The maximum Gasteiger partial charge on any atom is 0.245 e. The lowest BCUT2D eigenvalue weighted by atomic mass is 10.00. The molecule has 0 radical (unpaired) electrons. The molecule has 2 rings (SSSR count). The standard InChI is InChI=1S/C55H97N17O12/c1-5-6-7-8-12-15-44(74)63-36(17-24-57)52(81)72-45(33(4)73)55(84)69-40(21-28-61)49(78)68-41-22-29-62-46(75)35(16-23-56)64-47(76)37(18-25-58)65-48(77)38(19-26-59)67-53(82)42(30-32(2)3)70-54(83)43(31-34-13-10-9-11-14-34)71-50(79)39(20-27-60)66-51(41)80/h9-11,13-14,32-33,35-43,45,73H,5-8,12,15-31,56-61H2,1-4H3,(H,62,75)(H,63,74)(H,64,76)(H,65,77)(H,66,80)(H,67,82)(H,68,78)(H,69,84)(H,70,83)(H,71,79)(H,72,81)/t33-,35+,36+,37+,38+,39+,40+,41+,42+,43-,45+/m1/s1. The molecule has 0 aromatic heterocycles. The molecule has 0 bridgehead atoms. The molecule has 11 amide bonds. The fourth-order valence-corrected chi connectivity index (χ4v) is 9.09. The van der Waals surface area contributed by atoms with E-state index in [0.29, 0.717) is 12.0 Å². The summed E-state index contributed by atoms with van der Waals surface area (Å²) in [6.45, 7) is 5.79. The van der Waals surface area contributed by atoms with Crippen molar-refractivity contribution in [3.8, 4) is 0 Å². The number of benzene rings is 1. The molecule has 474 valence electrons. The highest BCUT2D eigenvalue weighted by molar-refractivity contribution is 5.99. The van der Waals surface area contributed by atoms with E-state index in [9.17, 15) is 57.8 Å². The first kappa shape index (κ1) is 73.2. The van der Waals surface area contributed by atoms with Gasteiger partial charge < -0.3 is 98.0 Å². The maximum absolute atomic E-state index is 14.5. The van der Waals surface area contributed by atoms with Crippen LogP contribution in [0.2, 0.25) is 0 Å². The number of aliphatic hydroxyl groups is 1. The summed E-state index contributed by atoms with van der Waals surface area (Å²) in [6, 6.07) is -5.55. The van der Waals surface area contributed by atoms with Gasteiger partial charge in [0.05, 0.1) is 6.10 Å². The Kier molecular flexibility index (Phi) is 35.2. The zero-order valence-corrected chi connectivity index (χ0v) is 49.3. The van der Waals surface area contributed by atoms with Crippen LogP contribution < -0.4 is 92.9 Å². The van der Waals surface area contributed by atoms with Crippen LogP contribution in [0.1, 0.15) is 123 Å². The van der Waals surface area contributed by atoms with Gasteiger partial charge in [0.2, 0.25) is 65.0 Å². The first-order valence-electron chi connectivity index (χ1n) is 29.3. The Bertz CT molecular complexity index is 2260. The van der Waals surface area contributed by atoms with Crippen molar-refractivity contribution < 1.29 is 57.8 Å². The van der Waals surface area contributed by atoms with Gasteiger partial charge in [-0.25, -0.2) is 0 Å². The van der Waals surface area contributed by atoms with Gasteiger partial charge in [0.15, 0.2) is 0 Å². The van der Waals surface area contributed by atoms with Crippen LogP contribution in [0.3, 0.4) is 0 Å². The van der Waals surface area contributed by atoms with Crippen molar-refractivity contribution in [2.45, 2.75) is 191 Å². The second-order valence-corrected chi connectivity index (χ2v) is 21.4. The van der Waals surface area contributed by atoms with E-state index in [1.54, 1.807) is 44.2 Å². The molecule has 0 saturated carbocycles. The van der Waals surface area contributed by atoms with Gasteiger partial charge in [0.1, 0.15) is 60.4 Å². The van der Waals surface area contributed by atoms with E-state index in [0.717, 1.165) is 25.7 Å². The highest BCUT2D eigenvalue weighted by Crippen LogP contribution is 2.12. The van der Waals surface area contributed by atoms with Gasteiger partial charge in [-0.3, -0.25) is 52.7 Å². The number of unbranched alkanes of at least 4 members (excludes halogenated alkanes) is 4. The fourth-order valence-electron chi connectivity index (χ4n) is 9.09. The Morgan fingerprint density at radius 1 is 0.536 bits per heavy atom. The van der Waals surface area contributed by atoms with Gasteiger partial charge in [-0.1, -0.05) is 76.8 Å². The third-order valence-electron chi connectivity index (χ3n) is 13.7. The lowest BCUT2D eigenvalue weighted by molar-refractivity contribution is -0.137. The number of amides is 11. The Balaban J connectivity index is 2.68. The van der Waals surface area contributed by atoms with Crippen LogP contribution >= 0.6 is 0 Å². The maximum atomic E-state index is 14.5. The molecular weight excluding hydrogens is 1090 g/mol. The number of carbonyl (C=O) groups excluding carboxylic acids is 11. The van der Waals surface area contributed by atoms with Gasteiger partial charge in [-0.15, -0.1) is 0 Å². The van der Waals surface area contributed by atoms with Gasteiger partial charge >= 0.3 is 0 Å². The fraction of sp³-hybridized carbons (Fsp3) is 0.691. The molecule has 0 aliphatic carbocycles. The minimum absolute atomic E-state index is 0.00641. The van der Waals surface area contributed by atoms with Crippen LogP contribution in [0.4, 0.5) is 0 Å². The van der Waals surface area contributed by atoms with Gasteiger partial charge in [0, 0.05) is 19.4 Å². The SMILES string of the molecule is CCCCCCCC(=O)N[C@@H](CCN)C(=O)N[C@H](C(=O)N[C@@H](CCN)C(=O)N[C@H]1CCNC(=O)[C@H](CCN)NC(=O)[C@H](CCN)NC(=O)[C@H](CCN)NC(=O)[C@H](CC(C)C)NC(=O)[C@@H](Cc2ccccc2)NC(=O)[C@H](CCN)NC1=O)[C@@H](C)O. The minimum atomic E-state index is -1.68. The number of nitrogens with one attached hydrogen (secondary N) is 11. The molecule has 84 heavy (non-hydrogen) atoms. The number of nitrogens with two attached hydrogens (primary N) is 6. The van der Waals surface area contributed by atoms with Crippen molar-refractivity contribution in [3.63, 3.8) is 0 Å². The van der Waals surface area contributed by atoms with Crippen LogP contribution in [0.25, 0.3) is 0 Å². The number of aliphatic hydroxyl groups excluding tert-OH is 1. The predicted molar refractivity (Wildman–Crippen MR) is 314 cm³/mol. The molecule has 29 nitrogen and oxygen atoms in total. The number of rotatable bonds is 30. The molecule has 1 heterocycles. The summed E-state index contributed by atoms with van der Waals surface area (Å²) in [7, 11) is 0. The van der Waals surface area contributed by atoms with E-state index in [2.05, 4.69) is 65.4 Å². The highest BCUT2D eigenvalue weighted by atomic mass is 16.3. The summed E-state index contributed by atoms with van der Waals surface area (Å²) < 4.78 is 0. The first-order valence-corrected chi connectivity index (χ1v) is 29.3. The smallest absolute Gasteiger partial charge is 0.245 e. The van der Waals surface area contributed by atoms with Crippen molar-refractivity contribution in [2.24, 2.45) is 40.3 Å². The third-order valence-corrected chi connectivity index (χ3v) is 13.7. The summed E-state index contributed by atoms with van der Waals surface area (Å²) in [4.78, 5) is 154. The second kappa shape index (κ2) is 40.4. The van der Waals surface area contributed by atoms with Gasteiger partial charge in [-0.2, -0.15) is 0 Å². The molecule has 0 unspecified atom stereocenters. The Morgan fingerprint density at radius 2 is 0.988 bits per heavy atom. The van der Waals surface area contributed by atoms with Crippen molar-refractivity contribution in [1.82, 2.24) is 58.5 Å². The van der Waals surface area contributed by atoms with Crippen LogP contribution in [0.15, 0.2) is 30.3 Å². The van der Waals surface area contributed by atoms with E-state index in [-0.39, 0.29) is 110 Å². The number of hydrogen-bond donors (Lipinski definition) is 18. The molecule has 0 spiro atoms. The van der Waals surface area contributed by atoms with E-state index < -0.39 is 138 Å². The Labute approximate surface area is 492 Å². The molecule has 1 aromatic rings. The molecule has 11 atom stereocenters. The molecular formula is C55H97N17O12. The monoisotopic (exact) mass is 1190 g/mol. The zero-order chi connectivity index (χ0) is 62.7. The molecule has 1 aliphatic rings. The summed E-state index contributed by atoms with van der Waals surface area (Å²) >= 11 is 0. The van der Waals surface area contributed by atoms with Gasteiger partial charge in [-0.05, 0) is 115 Å². The van der Waals surface area contributed by atoms with E-state index in [4.69, 9.17) is 34.4 Å². The van der Waals surface area contributed by atoms with Gasteiger partial charge in [0.25, 0.3) is 0 Å². The third kappa shape index (κ3) is 26.8. The van der Waals surface area contributed by atoms with Crippen molar-refractivity contribution in [1.29, 1.82) is 0 Å². The molecule has 1 saturated heterocycles. The average molecular weight is 1190 g/mol. The van der Waals surface area contributed by atoms with Crippen LogP contribution in [0, 0.1) is 5.92 Å². The summed E-state index contributed by atoms with van der Waals surface area (Å²) in [5.74, 6) is -9.42. The van der Waals surface area contributed by atoms with Crippen molar-refractivity contribution >= 4 is 65.0 Å². The van der Waals surface area contributed by atoms with Crippen LogP contribution in [-0.4, -0.2) is 182 Å². The topological polar surface area (TPSA) is 496 Å².